The van der Waals surface area contributed by atoms with Crippen molar-refractivity contribution in [2.75, 3.05) is 0 Å². The van der Waals surface area contributed by atoms with Crippen LogP contribution in [-0.2, 0) is 9.53 Å². The Balaban J connectivity index is 2.24. The van der Waals surface area contributed by atoms with Crippen LogP contribution < -0.4 is 0 Å². The van der Waals surface area contributed by atoms with Crippen LogP contribution in [0.2, 0.25) is 0 Å². The lowest BCUT2D eigenvalue weighted by atomic mass is 9.89. The summed E-state index contributed by atoms with van der Waals surface area (Å²) in [6.45, 7) is 1.36. The highest BCUT2D eigenvalue weighted by Gasteiger charge is 2.51. The number of allylic oxidation sites excluding steroid dienone is 1. The quantitative estimate of drug-likeness (QED) is 0.449. The van der Waals surface area contributed by atoms with Crippen molar-refractivity contribution in [3.8, 4) is 6.07 Å². The zero-order valence-electron chi connectivity index (χ0n) is 7.49. The Hall–Kier alpha value is -1.30. The highest BCUT2D eigenvalue weighted by Crippen LogP contribution is 2.48. The highest BCUT2D eigenvalue weighted by atomic mass is 16.6. The van der Waals surface area contributed by atoms with E-state index in [0.29, 0.717) is 12.3 Å². The number of carbonyl (C=O) groups excluding carboxylic acids is 1. The van der Waals surface area contributed by atoms with E-state index in [-0.39, 0.29) is 11.9 Å². The lowest BCUT2D eigenvalue weighted by Gasteiger charge is -2.27. The van der Waals surface area contributed by atoms with Crippen molar-refractivity contribution in [1.29, 1.82) is 5.26 Å². The Morgan fingerprint density at radius 2 is 2.46 bits per heavy atom. The second-order valence-corrected chi connectivity index (χ2v) is 3.79. The molecule has 3 unspecified atom stereocenters. The fraction of sp³-hybridized carbons (Fsp3) is 0.600. The van der Waals surface area contributed by atoms with Crippen LogP contribution in [0.15, 0.2) is 12.2 Å². The minimum Gasteiger partial charge on any atom is -0.443 e. The monoisotopic (exact) mass is 177 g/mol. The minimum absolute atomic E-state index is 0.117. The van der Waals surface area contributed by atoms with Gasteiger partial charge in [-0.15, -0.1) is 0 Å². The van der Waals surface area contributed by atoms with Crippen LogP contribution in [-0.4, -0.2) is 11.6 Å². The average Bonchev–Trinajstić information content (AvgIpc) is 2.62. The van der Waals surface area contributed by atoms with Crippen LogP contribution in [0.5, 0.6) is 0 Å². The molecule has 2 aliphatic rings. The Labute approximate surface area is 77.0 Å². The second-order valence-electron chi connectivity index (χ2n) is 3.79. The van der Waals surface area contributed by atoms with Gasteiger partial charge in [0.25, 0.3) is 0 Å². The van der Waals surface area contributed by atoms with Crippen LogP contribution in [0, 0.1) is 23.2 Å². The van der Waals surface area contributed by atoms with Crippen LogP contribution in [0.4, 0.5) is 0 Å². The van der Waals surface area contributed by atoms with Gasteiger partial charge >= 0.3 is 5.97 Å². The molecule has 3 nitrogen and oxygen atoms in total. The zero-order valence-corrected chi connectivity index (χ0v) is 7.49. The first-order chi connectivity index (χ1) is 6.16. The molecular weight excluding hydrogens is 166 g/mol. The van der Waals surface area contributed by atoms with Crippen LogP contribution >= 0.6 is 0 Å². The molecule has 3 heteroatoms. The number of nitrogens with zero attached hydrogens (tertiary/aromatic N) is 1. The SMILES string of the molecule is CC(=O)OC1(C#N)CC2C=CC1C2. The summed E-state index contributed by atoms with van der Waals surface area (Å²) in [6.07, 6.45) is 5.75. The van der Waals surface area contributed by atoms with E-state index in [1.54, 1.807) is 0 Å². The molecule has 0 N–H and O–H groups in total. The van der Waals surface area contributed by atoms with Crippen molar-refractivity contribution >= 4 is 5.97 Å². The first kappa shape index (κ1) is 8.31. The van der Waals surface area contributed by atoms with Gasteiger partial charge in [0.1, 0.15) is 6.07 Å². The van der Waals surface area contributed by atoms with Crippen molar-refractivity contribution in [2.24, 2.45) is 11.8 Å². The van der Waals surface area contributed by atoms with E-state index in [4.69, 9.17) is 10.00 Å². The predicted molar refractivity (Wildman–Crippen MR) is 45.5 cm³/mol. The molecule has 1 fully saturated rings. The van der Waals surface area contributed by atoms with E-state index in [0.717, 1.165) is 6.42 Å². The molecule has 68 valence electrons. The minimum atomic E-state index is -0.856. The van der Waals surface area contributed by atoms with Gasteiger partial charge in [0, 0.05) is 19.3 Å². The average molecular weight is 177 g/mol. The summed E-state index contributed by atoms with van der Waals surface area (Å²) in [7, 11) is 0. The third-order valence-electron chi connectivity index (χ3n) is 2.85. The molecule has 13 heavy (non-hydrogen) atoms. The van der Waals surface area contributed by atoms with Crippen LogP contribution in [0.25, 0.3) is 0 Å². The third-order valence-corrected chi connectivity index (χ3v) is 2.85. The van der Waals surface area contributed by atoms with Crippen LogP contribution in [0.1, 0.15) is 19.8 Å². The topological polar surface area (TPSA) is 50.1 Å². The van der Waals surface area contributed by atoms with Gasteiger partial charge in [-0.25, -0.2) is 0 Å². The van der Waals surface area contributed by atoms with E-state index in [1.807, 2.05) is 6.08 Å². The molecule has 2 bridgehead atoms. The number of esters is 1. The molecule has 0 radical (unpaired) electrons. The molecule has 0 heterocycles. The predicted octanol–water partition coefficient (Wildman–Crippen LogP) is 1.41. The summed E-state index contributed by atoms with van der Waals surface area (Å²) < 4.78 is 5.13. The standard InChI is InChI=1S/C10H11NO2/c1-7(12)13-10(6-11)5-8-2-3-9(10)4-8/h2-3,8-9H,4-5H2,1H3. The molecule has 0 aromatic heterocycles. The summed E-state index contributed by atoms with van der Waals surface area (Å²) in [5.41, 5.74) is -0.856. The number of rotatable bonds is 1. The molecule has 0 amide bonds. The van der Waals surface area contributed by atoms with E-state index in [9.17, 15) is 4.79 Å². The lowest BCUT2D eigenvalue weighted by Crippen LogP contribution is -2.36. The van der Waals surface area contributed by atoms with Gasteiger partial charge in [0.2, 0.25) is 5.60 Å². The summed E-state index contributed by atoms with van der Waals surface area (Å²) in [4.78, 5) is 10.8. The van der Waals surface area contributed by atoms with Gasteiger partial charge in [-0.05, 0) is 12.3 Å². The van der Waals surface area contributed by atoms with Crippen molar-refractivity contribution in [3.63, 3.8) is 0 Å². The second kappa shape index (κ2) is 2.59. The molecule has 2 rings (SSSR count). The molecule has 2 aliphatic carbocycles. The van der Waals surface area contributed by atoms with Crippen molar-refractivity contribution in [3.05, 3.63) is 12.2 Å². The fourth-order valence-electron chi connectivity index (χ4n) is 2.34. The normalized spacial score (nSPS) is 40.3. The first-order valence-corrected chi connectivity index (χ1v) is 4.45. The smallest absolute Gasteiger partial charge is 0.304 e. The largest absolute Gasteiger partial charge is 0.443 e. The van der Waals surface area contributed by atoms with Gasteiger partial charge in [-0.2, -0.15) is 5.26 Å². The van der Waals surface area contributed by atoms with Crippen LogP contribution in [0.3, 0.4) is 0 Å². The third kappa shape index (κ3) is 1.14. The molecule has 0 saturated heterocycles. The number of ether oxygens (including phenoxy) is 1. The van der Waals surface area contributed by atoms with E-state index >= 15 is 0 Å². The fourth-order valence-corrected chi connectivity index (χ4v) is 2.34. The van der Waals surface area contributed by atoms with Gasteiger partial charge in [0.15, 0.2) is 0 Å². The Morgan fingerprint density at radius 3 is 2.85 bits per heavy atom. The van der Waals surface area contributed by atoms with Gasteiger partial charge in [0.05, 0.1) is 0 Å². The highest BCUT2D eigenvalue weighted by molar-refractivity contribution is 5.67. The summed E-state index contributed by atoms with van der Waals surface area (Å²) >= 11 is 0. The summed E-state index contributed by atoms with van der Waals surface area (Å²) in [5.74, 6) is 0.193. The number of hydrogen-bond acceptors (Lipinski definition) is 3. The van der Waals surface area contributed by atoms with E-state index in [2.05, 4.69) is 12.1 Å². The van der Waals surface area contributed by atoms with Gasteiger partial charge < -0.3 is 4.74 Å². The maximum atomic E-state index is 10.8. The molecule has 0 spiro atoms. The Kier molecular flexibility index (Phi) is 1.66. The van der Waals surface area contributed by atoms with Crippen molar-refractivity contribution < 1.29 is 9.53 Å². The molecule has 0 aromatic carbocycles. The Morgan fingerprint density at radius 1 is 1.69 bits per heavy atom. The summed E-state index contributed by atoms with van der Waals surface area (Å²) in [5, 5.41) is 9.03. The molecule has 1 saturated carbocycles. The number of fused-ring (bicyclic) bond motifs is 2. The van der Waals surface area contributed by atoms with E-state index in [1.165, 1.54) is 6.92 Å². The summed E-state index contributed by atoms with van der Waals surface area (Å²) in [6, 6.07) is 2.15. The molecule has 0 aliphatic heterocycles. The number of hydrogen-bond donors (Lipinski definition) is 0. The van der Waals surface area contributed by atoms with Crippen molar-refractivity contribution in [1.82, 2.24) is 0 Å². The zero-order chi connectivity index (χ0) is 9.47. The number of carbonyl (C=O) groups is 1. The molecule has 0 aromatic rings. The van der Waals surface area contributed by atoms with Crippen molar-refractivity contribution in [2.45, 2.75) is 25.4 Å². The maximum absolute atomic E-state index is 10.8. The van der Waals surface area contributed by atoms with Gasteiger partial charge in [-0.3, -0.25) is 4.79 Å². The molecule has 3 atom stereocenters. The Bertz CT molecular complexity index is 315. The van der Waals surface area contributed by atoms with E-state index < -0.39 is 5.60 Å². The first-order valence-electron chi connectivity index (χ1n) is 4.45. The lowest BCUT2D eigenvalue weighted by molar-refractivity contribution is -0.153. The maximum Gasteiger partial charge on any atom is 0.304 e. The molecular formula is C10H11NO2. The number of nitriles is 1. The van der Waals surface area contributed by atoms with Gasteiger partial charge in [-0.1, -0.05) is 12.2 Å².